The maximum absolute atomic E-state index is 13.7. The molecule has 47 heavy (non-hydrogen) atoms. The number of aromatic nitrogens is 2. The first-order valence-corrected chi connectivity index (χ1v) is 16.4. The number of imidazole rings is 1. The molecule has 5 N–H and O–H groups in total. The van der Waals surface area contributed by atoms with E-state index in [0.29, 0.717) is 28.1 Å². The number of nitrogens with two attached hydrogens (primary N) is 1. The van der Waals surface area contributed by atoms with E-state index in [9.17, 15) is 14.4 Å². The highest BCUT2D eigenvalue weighted by Gasteiger charge is 2.38. The van der Waals surface area contributed by atoms with Gasteiger partial charge in [-0.25, -0.2) is 4.98 Å². The van der Waals surface area contributed by atoms with Gasteiger partial charge in [-0.05, 0) is 95.3 Å². The van der Waals surface area contributed by atoms with Crippen LogP contribution in [-0.4, -0.2) is 58.0 Å². The van der Waals surface area contributed by atoms with E-state index in [0.717, 1.165) is 37.1 Å². The SMILES string of the molecule is CN(CCc1ccccc1)c1ccc2c(c1)-c1nc3cc(C(=O)NC4CC(C)(C)NC(C)(C)C4)ccc3n1[C@@H](CCC(N)=O)C(=O)N2. The Morgan fingerprint density at radius 1 is 1.02 bits per heavy atom. The van der Waals surface area contributed by atoms with Gasteiger partial charge < -0.3 is 31.2 Å². The highest BCUT2D eigenvalue weighted by Crippen LogP contribution is 2.40. The van der Waals surface area contributed by atoms with Crippen LogP contribution in [0.15, 0.2) is 66.7 Å². The third-order valence-electron chi connectivity index (χ3n) is 9.28. The molecule has 3 aromatic carbocycles. The average Bonchev–Trinajstić information content (AvgIpc) is 3.32. The molecule has 0 spiro atoms. The van der Waals surface area contributed by atoms with Crippen LogP contribution in [0.25, 0.3) is 22.4 Å². The number of carbonyl (C=O) groups is 3. The smallest absolute Gasteiger partial charge is 0.251 e. The Morgan fingerprint density at radius 2 is 1.74 bits per heavy atom. The highest BCUT2D eigenvalue weighted by molar-refractivity contribution is 6.03. The third-order valence-corrected chi connectivity index (χ3v) is 9.28. The molecule has 1 atom stereocenters. The van der Waals surface area contributed by atoms with E-state index in [2.05, 4.69) is 60.7 Å². The maximum atomic E-state index is 13.7. The predicted molar refractivity (Wildman–Crippen MR) is 186 cm³/mol. The molecule has 246 valence electrons. The highest BCUT2D eigenvalue weighted by atomic mass is 16.2. The van der Waals surface area contributed by atoms with Crippen LogP contribution in [0.4, 0.5) is 11.4 Å². The van der Waals surface area contributed by atoms with Gasteiger partial charge in [0, 0.05) is 53.9 Å². The van der Waals surface area contributed by atoms with Gasteiger partial charge in [-0.1, -0.05) is 30.3 Å². The number of benzene rings is 3. The average molecular weight is 636 g/mol. The van der Waals surface area contributed by atoms with Crippen molar-refractivity contribution in [2.24, 2.45) is 5.73 Å². The predicted octanol–water partition coefficient (Wildman–Crippen LogP) is 5.18. The number of carbonyl (C=O) groups excluding carboxylic acids is 3. The van der Waals surface area contributed by atoms with Crippen molar-refractivity contribution in [1.29, 1.82) is 0 Å². The lowest BCUT2D eigenvalue weighted by Crippen LogP contribution is -2.62. The van der Waals surface area contributed by atoms with Crippen molar-refractivity contribution < 1.29 is 14.4 Å². The molecule has 0 saturated carbocycles. The molecule has 6 rings (SSSR count). The fraction of sp³-hybridized carbons (Fsp3) is 0.405. The molecule has 10 nitrogen and oxygen atoms in total. The Bertz CT molecular complexity index is 1810. The molecule has 2 aliphatic heterocycles. The van der Waals surface area contributed by atoms with E-state index >= 15 is 0 Å². The van der Waals surface area contributed by atoms with Crippen molar-refractivity contribution in [3.63, 3.8) is 0 Å². The lowest BCUT2D eigenvalue weighted by molar-refractivity contribution is -0.120. The minimum absolute atomic E-state index is 0.0224. The Morgan fingerprint density at radius 3 is 2.45 bits per heavy atom. The quantitative estimate of drug-likeness (QED) is 0.200. The summed E-state index contributed by atoms with van der Waals surface area (Å²) in [6, 6.07) is 21.0. The molecule has 1 saturated heterocycles. The van der Waals surface area contributed by atoms with Gasteiger partial charge in [0.15, 0.2) is 0 Å². The van der Waals surface area contributed by atoms with E-state index in [1.807, 2.05) is 54.1 Å². The first kappa shape index (κ1) is 32.2. The second kappa shape index (κ2) is 12.5. The number of nitrogens with one attached hydrogen (secondary N) is 3. The largest absolute Gasteiger partial charge is 0.374 e. The summed E-state index contributed by atoms with van der Waals surface area (Å²) in [6.45, 7) is 9.44. The number of rotatable bonds is 9. The second-order valence-corrected chi connectivity index (χ2v) is 14.4. The van der Waals surface area contributed by atoms with E-state index in [4.69, 9.17) is 10.7 Å². The molecular formula is C37H45N7O3. The molecule has 0 radical (unpaired) electrons. The van der Waals surface area contributed by atoms with E-state index < -0.39 is 11.9 Å². The summed E-state index contributed by atoms with van der Waals surface area (Å²) < 4.78 is 1.90. The van der Waals surface area contributed by atoms with Crippen LogP contribution in [0.1, 0.15) is 75.3 Å². The van der Waals surface area contributed by atoms with Crippen LogP contribution in [0, 0.1) is 0 Å². The fourth-order valence-electron chi connectivity index (χ4n) is 7.45. The van der Waals surface area contributed by atoms with Gasteiger partial charge in [0.25, 0.3) is 5.91 Å². The molecule has 0 aliphatic carbocycles. The monoisotopic (exact) mass is 635 g/mol. The summed E-state index contributed by atoms with van der Waals surface area (Å²) in [5, 5.41) is 9.98. The van der Waals surface area contributed by atoms with Crippen molar-refractivity contribution >= 4 is 40.1 Å². The van der Waals surface area contributed by atoms with Gasteiger partial charge in [0.05, 0.1) is 16.7 Å². The zero-order valence-corrected chi connectivity index (χ0v) is 27.9. The van der Waals surface area contributed by atoms with Crippen molar-refractivity contribution in [3.8, 4) is 11.4 Å². The van der Waals surface area contributed by atoms with E-state index in [1.165, 1.54) is 5.56 Å². The van der Waals surface area contributed by atoms with Crippen LogP contribution < -0.4 is 26.6 Å². The molecule has 1 fully saturated rings. The molecule has 4 aromatic rings. The maximum Gasteiger partial charge on any atom is 0.251 e. The number of hydrogen-bond donors (Lipinski definition) is 4. The van der Waals surface area contributed by atoms with Crippen molar-refractivity contribution in [3.05, 3.63) is 77.9 Å². The number of amides is 3. The zero-order valence-electron chi connectivity index (χ0n) is 27.9. The summed E-state index contributed by atoms with van der Waals surface area (Å²) in [5.74, 6) is -0.273. The summed E-state index contributed by atoms with van der Waals surface area (Å²) in [5.41, 5.74) is 10.8. The van der Waals surface area contributed by atoms with E-state index in [-0.39, 0.29) is 41.8 Å². The number of fused-ring (bicyclic) bond motifs is 5. The molecule has 0 unspecified atom stereocenters. The number of hydrogen-bond acceptors (Lipinski definition) is 6. The molecule has 0 bridgehead atoms. The molecule has 3 heterocycles. The molecule has 2 aliphatic rings. The fourth-order valence-corrected chi connectivity index (χ4v) is 7.45. The first-order valence-electron chi connectivity index (χ1n) is 16.4. The van der Waals surface area contributed by atoms with Gasteiger partial charge in [-0.15, -0.1) is 0 Å². The van der Waals surface area contributed by atoms with Gasteiger partial charge in [-0.2, -0.15) is 0 Å². The Labute approximate surface area is 276 Å². The van der Waals surface area contributed by atoms with Gasteiger partial charge >= 0.3 is 0 Å². The summed E-state index contributed by atoms with van der Waals surface area (Å²) in [4.78, 5) is 46.3. The van der Waals surface area contributed by atoms with Crippen molar-refractivity contribution in [2.75, 3.05) is 23.8 Å². The summed E-state index contributed by atoms with van der Waals surface area (Å²) >= 11 is 0. The minimum atomic E-state index is -0.715. The normalized spacial score (nSPS) is 18.5. The Hall–Kier alpha value is -4.70. The summed E-state index contributed by atoms with van der Waals surface area (Å²) in [7, 11) is 2.05. The molecular weight excluding hydrogens is 590 g/mol. The molecule has 3 amide bonds. The number of likely N-dealkylation sites (N-methyl/N-ethyl adjacent to an activating group) is 1. The van der Waals surface area contributed by atoms with Crippen molar-refractivity contribution in [1.82, 2.24) is 20.2 Å². The van der Waals surface area contributed by atoms with Gasteiger partial charge in [-0.3, -0.25) is 14.4 Å². The van der Waals surface area contributed by atoms with Crippen LogP contribution >= 0.6 is 0 Å². The first-order chi connectivity index (χ1) is 22.3. The lowest BCUT2D eigenvalue weighted by Gasteiger charge is -2.46. The van der Waals surface area contributed by atoms with Crippen LogP contribution in [0.3, 0.4) is 0 Å². The minimum Gasteiger partial charge on any atom is -0.374 e. The van der Waals surface area contributed by atoms with Crippen LogP contribution in [0.5, 0.6) is 0 Å². The third kappa shape index (κ3) is 7.02. The molecule has 10 heteroatoms. The number of piperidine rings is 1. The number of nitrogens with zero attached hydrogens (tertiary/aromatic N) is 3. The Balaban J connectivity index is 1.36. The van der Waals surface area contributed by atoms with E-state index in [1.54, 1.807) is 12.1 Å². The standard InChI is InChI=1S/C37H45N7O3/c1-36(2)21-25(22-37(3,4)42-36)39-34(46)24-11-14-30-29(19-24)40-33-27-20-26(43(5)18-17-23-9-7-6-8-10-23)12-13-28(27)41-35(47)31(44(30)33)15-16-32(38)45/h6-14,19-20,25,31,42H,15-18,21-22H2,1-5H3,(H2,38,45)(H,39,46)(H,41,47)/t31-/m0/s1. The second-order valence-electron chi connectivity index (χ2n) is 14.4. The topological polar surface area (TPSA) is 134 Å². The van der Waals surface area contributed by atoms with Gasteiger partial charge in [0.2, 0.25) is 11.8 Å². The van der Waals surface area contributed by atoms with Crippen molar-refractivity contribution in [2.45, 2.75) is 83.0 Å². The number of primary amides is 1. The number of anilines is 2. The van der Waals surface area contributed by atoms with Gasteiger partial charge in [0.1, 0.15) is 11.9 Å². The van der Waals surface area contributed by atoms with Crippen LogP contribution in [0.2, 0.25) is 0 Å². The zero-order chi connectivity index (χ0) is 33.5. The van der Waals surface area contributed by atoms with Crippen LogP contribution in [-0.2, 0) is 16.0 Å². The summed E-state index contributed by atoms with van der Waals surface area (Å²) in [6.07, 6.45) is 2.79. The Kier molecular flexibility index (Phi) is 8.57. The lowest BCUT2D eigenvalue weighted by atomic mass is 9.79. The molecule has 1 aromatic heterocycles.